The number of hydrogen-bond acceptors (Lipinski definition) is 4. The number of rotatable bonds is 5. The van der Waals surface area contributed by atoms with Crippen molar-refractivity contribution in [2.75, 3.05) is 25.0 Å². The van der Waals surface area contributed by atoms with Crippen LogP contribution in [0.3, 0.4) is 0 Å². The SMILES string of the molecule is CCOc1ccc(NC(=S)NNC(=O)CN2CCCCCC2=O)cc1. The normalized spacial score (nSPS) is 14.4. The van der Waals surface area contributed by atoms with E-state index in [4.69, 9.17) is 17.0 Å². The van der Waals surface area contributed by atoms with Crippen molar-refractivity contribution >= 4 is 34.8 Å². The third-order valence-corrected chi connectivity index (χ3v) is 3.95. The highest BCUT2D eigenvalue weighted by atomic mass is 32.1. The summed E-state index contributed by atoms with van der Waals surface area (Å²) in [5.41, 5.74) is 5.93. The molecule has 136 valence electrons. The summed E-state index contributed by atoms with van der Waals surface area (Å²) in [7, 11) is 0. The Morgan fingerprint density at radius 1 is 1.20 bits per heavy atom. The van der Waals surface area contributed by atoms with Crippen LogP contribution in [0.5, 0.6) is 5.75 Å². The van der Waals surface area contributed by atoms with Gasteiger partial charge in [0.1, 0.15) is 12.3 Å². The maximum atomic E-state index is 12.0. The summed E-state index contributed by atoms with van der Waals surface area (Å²) in [6, 6.07) is 7.32. The zero-order valence-corrected chi connectivity index (χ0v) is 15.2. The summed E-state index contributed by atoms with van der Waals surface area (Å²) in [6.45, 7) is 3.20. The average molecular weight is 364 g/mol. The van der Waals surface area contributed by atoms with Gasteiger partial charge in [0.15, 0.2) is 5.11 Å². The first-order valence-corrected chi connectivity index (χ1v) is 8.86. The minimum absolute atomic E-state index is 0.0303. The number of carbonyl (C=O) groups excluding carboxylic acids is 2. The highest BCUT2D eigenvalue weighted by molar-refractivity contribution is 7.80. The fourth-order valence-electron chi connectivity index (χ4n) is 2.51. The molecule has 1 saturated heterocycles. The third-order valence-electron chi connectivity index (χ3n) is 3.74. The van der Waals surface area contributed by atoms with Crippen LogP contribution in [-0.4, -0.2) is 41.5 Å². The molecule has 1 aromatic rings. The van der Waals surface area contributed by atoms with Gasteiger partial charge >= 0.3 is 0 Å². The van der Waals surface area contributed by atoms with Gasteiger partial charge in [-0.1, -0.05) is 6.42 Å². The number of benzene rings is 1. The molecule has 8 heteroatoms. The van der Waals surface area contributed by atoms with Gasteiger partial charge in [0.2, 0.25) is 5.91 Å². The van der Waals surface area contributed by atoms with Gasteiger partial charge in [0, 0.05) is 18.7 Å². The molecule has 1 heterocycles. The topological polar surface area (TPSA) is 82.7 Å². The van der Waals surface area contributed by atoms with E-state index in [2.05, 4.69) is 16.2 Å². The zero-order valence-electron chi connectivity index (χ0n) is 14.3. The van der Waals surface area contributed by atoms with Crippen molar-refractivity contribution in [2.24, 2.45) is 0 Å². The predicted molar refractivity (Wildman–Crippen MR) is 100 cm³/mol. The van der Waals surface area contributed by atoms with Crippen molar-refractivity contribution in [3.05, 3.63) is 24.3 Å². The Morgan fingerprint density at radius 2 is 1.96 bits per heavy atom. The van der Waals surface area contributed by atoms with Crippen LogP contribution < -0.4 is 20.9 Å². The van der Waals surface area contributed by atoms with E-state index in [1.165, 1.54) is 0 Å². The molecular formula is C17H24N4O3S. The van der Waals surface area contributed by atoms with E-state index in [0.717, 1.165) is 30.7 Å². The van der Waals surface area contributed by atoms with Gasteiger partial charge < -0.3 is 15.0 Å². The van der Waals surface area contributed by atoms with Crippen LogP contribution in [0.2, 0.25) is 0 Å². The van der Waals surface area contributed by atoms with Crippen molar-refractivity contribution in [1.29, 1.82) is 0 Å². The third kappa shape index (κ3) is 6.58. The molecule has 0 spiro atoms. The Labute approximate surface area is 153 Å². The van der Waals surface area contributed by atoms with Gasteiger partial charge in [0.25, 0.3) is 5.91 Å². The highest BCUT2D eigenvalue weighted by Gasteiger charge is 2.19. The van der Waals surface area contributed by atoms with Crippen molar-refractivity contribution in [2.45, 2.75) is 32.6 Å². The molecule has 3 N–H and O–H groups in total. The second-order valence-electron chi connectivity index (χ2n) is 5.71. The minimum atomic E-state index is -0.300. The van der Waals surface area contributed by atoms with E-state index in [-0.39, 0.29) is 23.5 Å². The molecule has 0 aromatic heterocycles. The molecule has 0 aliphatic carbocycles. The number of nitrogens with zero attached hydrogens (tertiary/aromatic N) is 1. The summed E-state index contributed by atoms with van der Waals surface area (Å²) < 4.78 is 5.37. The van der Waals surface area contributed by atoms with Crippen LogP contribution in [0.4, 0.5) is 5.69 Å². The molecule has 2 amide bonds. The number of thiocarbonyl (C=S) groups is 1. The molecular weight excluding hydrogens is 340 g/mol. The van der Waals surface area contributed by atoms with Crippen molar-refractivity contribution in [1.82, 2.24) is 15.8 Å². The number of hydrazine groups is 1. The summed E-state index contributed by atoms with van der Waals surface area (Å²) in [6.07, 6.45) is 3.37. The Kier molecular flexibility index (Phi) is 7.46. The number of hydrogen-bond donors (Lipinski definition) is 3. The molecule has 1 aromatic carbocycles. The molecule has 0 atom stereocenters. The number of anilines is 1. The Bertz CT molecular complexity index is 606. The molecule has 25 heavy (non-hydrogen) atoms. The van der Waals surface area contributed by atoms with E-state index in [1.807, 2.05) is 31.2 Å². The number of nitrogens with one attached hydrogen (secondary N) is 3. The summed E-state index contributed by atoms with van der Waals surface area (Å²) in [5, 5.41) is 3.22. The maximum Gasteiger partial charge on any atom is 0.257 e. The van der Waals surface area contributed by atoms with Gasteiger partial charge in [-0.3, -0.25) is 20.4 Å². The van der Waals surface area contributed by atoms with Crippen molar-refractivity contribution < 1.29 is 14.3 Å². The highest BCUT2D eigenvalue weighted by Crippen LogP contribution is 2.15. The van der Waals surface area contributed by atoms with Crippen LogP contribution >= 0.6 is 12.2 Å². The van der Waals surface area contributed by atoms with E-state index >= 15 is 0 Å². The first-order chi connectivity index (χ1) is 12.1. The number of carbonyl (C=O) groups is 2. The second kappa shape index (κ2) is 9.83. The van der Waals surface area contributed by atoms with Crippen LogP contribution in [0.15, 0.2) is 24.3 Å². The van der Waals surface area contributed by atoms with Gasteiger partial charge in [-0.15, -0.1) is 0 Å². The molecule has 7 nitrogen and oxygen atoms in total. The Morgan fingerprint density at radius 3 is 2.68 bits per heavy atom. The van der Waals surface area contributed by atoms with E-state index in [1.54, 1.807) is 4.90 Å². The number of amides is 2. The molecule has 0 radical (unpaired) electrons. The predicted octanol–water partition coefficient (Wildman–Crippen LogP) is 1.81. The monoisotopic (exact) mass is 364 g/mol. The lowest BCUT2D eigenvalue weighted by molar-refractivity contribution is -0.135. The van der Waals surface area contributed by atoms with Crippen LogP contribution in [0.1, 0.15) is 32.6 Å². The molecule has 1 aliphatic heterocycles. The van der Waals surface area contributed by atoms with E-state index in [9.17, 15) is 9.59 Å². The summed E-state index contributed by atoms with van der Waals surface area (Å²) in [5.74, 6) is 0.510. The standard InChI is InChI=1S/C17H24N4O3S/c1-2-24-14-9-7-13(8-10-14)18-17(25)20-19-15(22)12-21-11-5-3-4-6-16(21)23/h7-10H,2-6,11-12H2,1H3,(H,19,22)(H2,18,20,25). The second-order valence-corrected chi connectivity index (χ2v) is 6.12. The first-order valence-electron chi connectivity index (χ1n) is 8.45. The van der Waals surface area contributed by atoms with Crippen molar-refractivity contribution in [3.63, 3.8) is 0 Å². The van der Waals surface area contributed by atoms with Gasteiger partial charge in [-0.2, -0.15) is 0 Å². The van der Waals surface area contributed by atoms with Crippen molar-refractivity contribution in [3.8, 4) is 5.75 Å². The van der Waals surface area contributed by atoms with E-state index < -0.39 is 0 Å². The summed E-state index contributed by atoms with van der Waals surface area (Å²) in [4.78, 5) is 25.4. The van der Waals surface area contributed by atoms with Gasteiger partial charge in [-0.25, -0.2) is 0 Å². The largest absolute Gasteiger partial charge is 0.494 e. The molecule has 0 bridgehead atoms. The van der Waals surface area contributed by atoms with Crippen LogP contribution in [0.25, 0.3) is 0 Å². The molecule has 0 unspecified atom stereocenters. The smallest absolute Gasteiger partial charge is 0.257 e. The molecule has 2 rings (SSSR count). The van der Waals surface area contributed by atoms with Crippen LogP contribution in [-0.2, 0) is 9.59 Å². The molecule has 0 saturated carbocycles. The van der Waals surface area contributed by atoms with Gasteiger partial charge in [-0.05, 0) is 56.2 Å². The zero-order chi connectivity index (χ0) is 18.1. The summed E-state index contributed by atoms with van der Waals surface area (Å²) >= 11 is 5.14. The lowest BCUT2D eigenvalue weighted by atomic mass is 10.2. The molecule has 1 aliphatic rings. The minimum Gasteiger partial charge on any atom is -0.494 e. The van der Waals surface area contributed by atoms with Gasteiger partial charge in [0.05, 0.1) is 6.61 Å². The first kappa shape index (κ1) is 19.0. The maximum absolute atomic E-state index is 12.0. The number of ether oxygens (including phenoxy) is 1. The fourth-order valence-corrected chi connectivity index (χ4v) is 2.68. The Hall–Kier alpha value is -2.35. The quantitative estimate of drug-likeness (QED) is 0.546. The fraction of sp³-hybridized carbons (Fsp3) is 0.471. The average Bonchev–Trinajstić information content (AvgIpc) is 2.80. The van der Waals surface area contributed by atoms with E-state index in [0.29, 0.717) is 19.6 Å². The van der Waals surface area contributed by atoms with Crippen LogP contribution in [0, 0.1) is 0 Å². The lowest BCUT2D eigenvalue weighted by Crippen LogP contribution is -2.48. The Balaban J connectivity index is 1.73. The lowest BCUT2D eigenvalue weighted by Gasteiger charge is -2.20. The molecule has 1 fully saturated rings. The number of likely N-dealkylation sites (tertiary alicyclic amines) is 1.